The Labute approximate surface area is 85.9 Å². The van der Waals surface area contributed by atoms with Crippen LogP contribution in [0, 0.1) is 0 Å². The number of aryl methyl sites for hydroxylation is 1. The van der Waals surface area contributed by atoms with Gasteiger partial charge in [-0.25, -0.2) is 4.98 Å². The maximum atomic E-state index is 12.3. The number of aromatic nitrogens is 2. The molecule has 1 aromatic rings. The van der Waals surface area contributed by atoms with Crippen molar-refractivity contribution in [3.63, 3.8) is 0 Å². The Hall–Kier alpha value is -1.04. The molecule has 1 heterocycles. The second kappa shape index (κ2) is 4.65. The fourth-order valence-electron chi connectivity index (χ4n) is 1.17. The molecule has 0 aliphatic rings. The van der Waals surface area contributed by atoms with Crippen LogP contribution in [0.4, 0.5) is 13.2 Å². The largest absolute Gasteiger partial charge is 0.414 e. The average molecular weight is 222 g/mol. The van der Waals surface area contributed by atoms with Crippen LogP contribution in [-0.4, -0.2) is 21.8 Å². The highest BCUT2D eigenvalue weighted by molar-refractivity contribution is 4.93. The Morgan fingerprint density at radius 1 is 1.53 bits per heavy atom. The molecule has 0 spiro atoms. The number of halogens is 3. The fraction of sp³-hybridized carbons (Fsp3) is 0.667. The summed E-state index contributed by atoms with van der Waals surface area (Å²) in [5, 5.41) is 0. The van der Waals surface area contributed by atoms with Gasteiger partial charge in [0.2, 0.25) is 0 Å². The molecule has 6 heteroatoms. The maximum absolute atomic E-state index is 12.3. The van der Waals surface area contributed by atoms with E-state index in [1.165, 1.54) is 13.3 Å². The SMILES string of the molecule is CCC(OCc1cn(C)cn1)C(F)(F)F. The van der Waals surface area contributed by atoms with Crippen molar-refractivity contribution in [1.82, 2.24) is 9.55 Å². The highest BCUT2D eigenvalue weighted by Gasteiger charge is 2.39. The molecule has 86 valence electrons. The summed E-state index contributed by atoms with van der Waals surface area (Å²) in [6.07, 6.45) is -2.95. The number of rotatable bonds is 4. The van der Waals surface area contributed by atoms with Gasteiger partial charge < -0.3 is 9.30 Å². The molecule has 0 N–H and O–H groups in total. The van der Waals surface area contributed by atoms with Crippen LogP contribution in [0.5, 0.6) is 0 Å². The molecule has 0 fully saturated rings. The number of imidazole rings is 1. The zero-order chi connectivity index (χ0) is 11.5. The molecular weight excluding hydrogens is 209 g/mol. The van der Waals surface area contributed by atoms with Crippen LogP contribution in [0.3, 0.4) is 0 Å². The summed E-state index contributed by atoms with van der Waals surface area (Å²) >= 11 is 0. The van der Waals surface area contributed by atoms with Gasteiger partial charge in [0, 0.05) is 13.2 Å². The lowest BCUT2D eigenvalue weighted by Gasteiger charge is -2.18. The van der Waals surface area contributed by atoms with Crippen molar-refractivity contribution in [2.24, 2.45) is 7.05 Å². The molecule has 1 atom stereocenters. The van der Waals surface area contributed by atoms with E-state index in [2.05, 4.69) is 4.98 Å². The molecule has 1 rings (SSSR count). The molecule has 0 saturated carbocycles. The highest BCUT2D eigenvalue weighted by atomic mass is 19.4. The molecule has 0 aromatic carbocycles. The topological polar surface area (TPSA) is 27.1 Å². The predicted molar refractivity (Wildman–Crippen MR) is 48.1 cm³/mol. The summed E-state index contributed by atoms with van der Waals surface area (Å²) in [4.78, 5) is 3.87. The van der Waals surface area contributed by atoms with Crippen LogP contribution < -0.4 is 0 Å². The third-order valence-corrected chi connectivity index (χ3v) is 1.93. The summed E-state index contributed by atoms with van der Waals surface area (Å²) in [5.74, 6) is 0. The van der Waals surface area contributed by atoms with E-state index in [1.54, 1.807) is 17.8 Å². The van der Waals surface area contributed by atoms with Gasteiger partial charge in [-0.1, -0.05) is 6.92 Å². The smallest absolute Gasteiger partial charge is 0.362 e. The molecule has 1 unspecified atom stereocenters. The predicted octanol–water partition coefficient (Wildman–Crippen LogP) is 2.28. The number of nitrogens with zero attached hydrogens (tertiary/aromatic N) is 2. The molecule has 0 aliphatic carbocycles. The Morgan fingerprint density at radius 2 is 2.20 bits per heavy atom. The van der Waals surface area contributed by atoms with Gasteiger partial charge in [-0.05, 0) is 6.42 Å². The van der Waals surface area contributed by atoms with E-state index in [9.17, 15) is 13.2 Å². The van der Waals surface area contributed by atoms with E-state index in [-0.39, 0.29) is 13.0 Å². The lowest BCUT2D eigenvalue weighted by molar-refractivity contribution is -0.224. The van der Waals surface area contributed by atoms with E-state index in [0.717, 1.165) is 0 Å². The third-order valence-electron chi connectivity index (χ3n) is 1.93. The molecule has 0 saturated heterocycles. The van der Waals surface area contributed by atoms with Crippen LogP contribution >= 0.6 is 0 Å². The minimum Gasteiger partial charge on any atom is -0.362 e. The van der Waals surface area contributed by atoms with Gasteiger partial charge in [0.1, 0.15) is 0 Å². The number of hydrogen-bond donors (Lipinski definition) is 0. The second-order valence-electron chi connectivity index (χ2n) is 3.28. The molecule has 0 bridgehead atoms. The van der Waals surface area contributed by atoms with E-state index in [1.807, 2.05) is 0 Å². The monoisotopic (exact) mass is 222 g/mol. The zero-order valence-electron chi connectivity index (χ0n) is 8.58. The van der Waals surface area contributed by atoms with Crippen LogP contribution in [-0.2, 0) is 18.4 Å². The number of ether oxygens (including phenoxy) is 1. The average Bonchev–Trinajstić information content (AvgIpc) is 2.50. The van der Waals surface area contributed by atoms with Gasteiger partial charge in [-0.3, -0.25) is 0 Å². The van der Waals surface area contributed by atoms with Crippen molar-refractivity contribution in [2.45, 2.75) is 32.2 Å². The van der Waals surface area contributed by atoms with Gasteiger partial charge >= 0.3 is 6.18 Å². The van der Waals surface area contributed by atoms with E-state index in [0.29, 0.717) is 5.69 Å². The maximum Gasteiger partial charge on any atom is 0.414 e. The van der Waals surface area contributed by atoms with E-state index >= 15 is 0 Å². The normalized spacial score (nSPS) is 14.2. The first-order valence-corrected chi connectivity index (χ1v) is 4.58. The number of alkyl halides is 3. The lowest BCUT2D eigenvalue weighted by Crippen LogP contribution is -2.30. The van der Waals surface area contributed by atoms with Crippen LogP contribution in [0.2, 0.25) is 0 Å². The standard InChI is InChI=1S/C9H13F3N2O/c1-3-8(9(10,11)12)15-5-7-4-14(2)6-13-7/h4,6,8H,3,5H2,1-2H3. The summed E-state index contributed by atoms with van der Waals surface area (Å²) < 4.78 is 43.2. The fourth-order valence-corrected chi connectivity index (χ4v) is 1.17. The summed E-state index contributed by atoms with van der Waals surface area (Å²) in [7, 11) is 1.75. The van der Waals surface area contributed by atoms with Gasteiger partial charge in [0.15, 0.2) is 6.10 Å². The molecule has 0 amide bonds. The van der Waals surface area contributed by atoms with Crippen molar-refractivity contribution in [1.29, 1.82) is 0 Å². The summed E-state index contributed by atoms with van der Waals surface area (Å²) in [6.45, 7) is 1.33. The van der Waals surface area contributed by atoms with Crippen molar-refractivity contribution in [2.75, 3.05) is 0 Å². The Balaban J connectivity index is 2.48. The minimum absolute atomic E-state index is 0.0870. The van der Waals surface area contributed by atoms with Gasteiger partial charge in [0.25, 0.3) is 0 Å². The Bertz CT molecular complexity index is 309. The molecule has 3 nitrogen and oxygen atoms in total. The first-order chi connectivity index (χ1) is 6.93. The van der Waals surface area contributed by atoms with Crippen LogP contribution in [0.1, 0.15) is 19.0 Å². The van der Waals surface area contributed by atoms with Gasteiger partial charge in [-0.2, -0.15) is 13.2 Å². The Morgan fingerprint density at radius 3 is 2.60 bits per heavy atom. The summed E-state index contributed by atoms with van der Waals surface area (Å²) in [5.41, 5.74) is 0.500. The molecular formula is C9H13F3N2O. The summed E-state index contributed by atoms with van der Waals surface area (Å²) in [6, 6.07) is 0. The third kappa shape index (κ3) is 3.54. The van der Waals surface area contributed by atoms with Gasteiger partial charge in [0.05, 0.1) is 18.6 Å². The van der Waals surface area contributed by atoms with Crippen molar-refractivity contribution >= 4 is 0 Å². The Kier molecular flexibility index (Phi) is 3.73. The van der Waals surface area contributed by atoms with Crippen LogP contribution in [0.15, 0.2) is 12.5 Å². The second-order valence-corrected chi connectivity index (χ2v) is 3.28. The van der Waals surface area contributed by atoms with Gasteiger partial charge in [-0.15, -0.1) is 0 Å². The quantitative estimate of drug-likeness (QED) is 0.781. The van der Waals surface area contributed by atoms with Crippen molar-refractivity contribution < 1.29 is 17.9 Å². The molecule has 0 radical (unpaired) electrons. The van der Waals surface area contributed by atoms with Crippen molar-refractivity contribution in [3.05, 3.63) is 18.2 Å². The van der Waals surface area contributed by atoms with Crippen molar-refractivity contribution in [3.8, 4) is 0 Å². The van der Waals surface area contributed by atoms with E-state index in [4.69, 9.17) is 4.74 Å². The first-order valence-electron chi connectivity index (χ1n) is 4.58. The van der Waals surface area contributed by atoms with Crippen LogP contribution in [0.25, 0.3) is 0 Å². The molecule has 0 aliphatic heterocycles. The lowest BCUT2D eigenvalue weighted by atomic mass is 10.3. The van der Waals surface area contributed by atoms with E-state index < -0.39 is 12.3 Å². The minimum atomic E-state index is -4.30. The number of hydrogen-bond acceptors (Lipinski definition) is 2. The molecule has 15 heavy (non-hydrogen) atoms. The first kappa shape index (κ1) is 12.0. The zero-order valence-corrected chi connectivity index (χ0v) is 8.58. The molecule has 1 aromatic heterocycles. The highest BCUT2D eigenvalue weighted by Crippen LogP contribution is 2.25.